The van der Waals surface area contributed by atoms with E-state index < -0.39 is 0 Å². The van der Waals surface area contributed by atoms with Crippen LogP contribution in [0, 0.1) is 5.92 Å². The molecule has 1 aromatic rings. The molecule has 0 amide bonds. The van der Waals surface area contributed by atoms with Crippen LogP contribution in [0.15, 0.2) is 96.4 Å². The van der Waals surface area contributed by atoms with Gasteiger partial charge in [0.2, 0.25) is 0 Å². The van der Waals surface area contributed by atoms with Gasteiger partial charge in [-0.1, -0.05) is 57.4 Å². The van der Waals surface area contributed by atoms with Crippen LogP contribution in [-0.4, -0.2) is 34.5 Å². The topological polar surface area (TPSA) is 57.4 Å². The molecule has 1 aromatic heterocycles. The molecule has 0 saturated heterocycles. The zero-order valence-corrected chi connectivity index (χ0v) is 21.0. The smallest absolute Gasteiger partial charge is 0.0559 e. The fourth-order valence-electron chi connectivity index (χ4n) is 4.52. The maximum Gasteiger partial charge on any atom is 0.0559 e. The summed E-state index contributed by atoms with van der Waals surface area (Å²) in [5.74, 6) is 6.61. The summed E-state index contributed by atoms with van der Waals surface area (Å²) in [5.41, 5.74) is 6.87. The van der Waals surface area contributed by atoms with Crippen molar-refractivity contribution < 1.29 is 0 Å². The minimum absolute atomic E-state index is 0.156. The molecule has 2 aliphatic carbocycles. The molecular weight excluding hydrogens is 418 g/mol. The van der Waals surface area contributed by atoms with E-state index in [9.17, 15) is 0 Å². The standard InChI is InChI=1S/C29H41N5/c1-5-18-33(19-6-2)29-16-15-27(21-28(29)32-23(3)26-13-7-8-14-26)24(4)34(30)20-10-12-25-11-9-17-31-22-25/h7-9,11,13,15-17,22,27,32H,3-6,10,12,14,18-21,30H2,1-2H3. The molecule has 2 aliphatic rings. The van der Waals surface area contributed by atoms with Crippen LogP contribution in [0.25, 0.3) is 0 Å². The van der Waals surface area contributed by atoms with E-state index in [2.05, 4.69) is 78.7 Å². The largest absolute Gasteiger partial charge is 0.370 e. The normalized spacial score (nSPS) is 17.0. The highest BCUT2D eigenvalue weighted by atomic mass is 15.4. The minimum atomic E-state index is 0.156. The molecule has 0 bridgehead atoms. The average Bonchev–Trinajstić information content (AvgIpc) is 3.39. The molecule has 0 fully saturated rings. The summed E-state index contributed by atoms with van der Waals surface area (Å²) in [6.07, 6.45) is 20.6. The van der Waals surface area contributed by atoms with E-state index in [4.69, 9.17) is 5.84 Å². The highest BCUT2D eigenvalue weighted by Crippen LogP contribution is 2.31. The van der Waals surface area contributed by atoms with Crippen LogP contribution in [0.1, 0.15) is 51.5 Å². The Bertz CT molecular complexity index is 948. The molecule has 1 unspecified atom stereocenters. The van der Waals surface area contributed by atoms with Crippen LogP contribution >= 0.6 is 0 Å². The lowest BCUT2D eigenvalue weighted by Crippen LogP contribution is -2.36. The molecule has 1 atom stereocenters. The minimum Gasteiger partial charge on any atom is -0.370 e. The van der Waals surface area contributed by atoms with Crippen molar-refractivity contribution in [2.75, 3.05) is 19.6 Å². The number of allylic oxidation sites excluding steroid dienone is 7. The Kier molecular flexibility index (Phi) is 9.77. The lowest BCUT2D eigenvalue weighted by atomic mass is 9.92. The van der Waals surface area contributed by atoms with Gasteiger partial charge in [0.15, 0.2) is 0 Å². The quantitative estimate of drug-likeness (QED) is 0.280. The Labute approximate surface area is 206 Å². The van der Waals surface area contributed by atoms with E-state index in [1.54, 1.807) is 6.20 Å². The Balaban J connectivity index is 1.68. The fourth-order valence-corrected chi connectivity index (χ4v) is 4.52. The summed E-state index contributed by atoms with van der Waals surface area (Å²) in [5, 5.41) is 5.49. The highest BCUT2D eigenvalue weighted by molar-refractivity contribution is 5.41. The van der Waals surface area contributed by atoms with Gasteiger partial charge < -0.3 is 15.2 Å². The molecule has 0 spiro atoms. The number of hydrogen-bond donors (Lipinski definition) is 2. The maximum atomic E-state index is 6.45. The number of nitrogens with zero attached hydrogens (tertiary/aromatic N) is 3. The SMILES string of the molecule is C=C(NC1=C(N(CCC)CCC)C=CC(C(=C)N(N)CCCc2cccnc2)C1)C1=CC=CC1. The summed E-state index contributed by atoms with van der Waals surface area (Å²) < 4.78 is 0. The van der Waals surface area contributed by atoms with Gasteiger partial charge in [0.05, 0.1) is 5.70 Å². The van der Waals surface area contributed by atoms with E-state index in [1.165, 1.54) is 22.5 Å². The third kappa shape index (κ3) is 6.97. The Hall–Kier alpha value is -3.05. The molecule has 0 aliphatic heterocycles. The number of aromatic nitrogens is 1. The predicted molar refractivity (Wildman–Crippen MR) is 143 cm³/mol. The van der Waals surface area contributed by atoms with Crippen LogP contribution in [0.3, 0.4) is 0 Å². The van der Waals surface area contributed by atoms with Crippen LogP contribution in [0.5, 0.6) is 0 Å². The molecule has 5 heteroatoms. The highest BCUT2D eigenvalue weighted by Gasteiger charge is 2.24. The Morgan fingerprint density at radius 3 is 2.65 bits per heavy atom. The second kappa shape index (κ2) is 13.0. The van der Waals surface area contributed by atoms with Gasteiger partial charge >= 0.3 is 0 Å². The van der Waals surface area contributed by atoms with Crippen molar-refractivity contribution in [2.24, 2.45) is 11.8 Å². The number of hydrogen-bond acceptors (Lipinski definition) is 5. The van der Waals surface area contributed by atoms with Crippen LogP contribution in [-0.2, 0) is 6.42 Å². The second-order valence-corrected chi connectivity index (χ2v) is 9.10. The summed E-state index contributed by atoms with van der Waals surface area (Å²) in [4.78, 5) is 6.68. The van der Waals surface area contributed by atoms with Crippen LogP contribution in [0.2, 0.25) is 0 Å². The van der Waals surface area contributed by atoms with Crippen molar-refractivity contribution in [1.29, 1.82) is 0 Å². The average molecular weight is 460 g/mol. The summed E-state index contributed by atoms with van der Waals surface area (Å²) in [6, 6.07) is 4.09. The van der Waals surface area contributed by atoms with E-state index in [1.807, 2.05) is 17.3 Å². The monoisotopic (exact) mass is 459 g/mol. The third-order valence-corrected chi connectivity index (χ3v) is 6.39. The van der Waals surface area contributed by atoms with Gasteiger partial charge in [-0.25, -0.2) is 5.84 Å². The first kappa shape index (κ1) is 25.6. The lowest BCUT2D eigenvalue weighted by molar-refractivity contribution is 0.314. The van der Waals surface area contributed by atoms with E-state index in [0.717, 1.165) is 69.6 Å². The summed E-state index contributed by atoms with van der Waals surface area (Å²) in [6.45, 7) is 16.0. The van der Waals surface area contributed by atoms with Gasteiger partial charge in [-0.2, -0.15) is 0 Å². The van der Waals surface area contributed by atoms with Gasteiger partial charge in [-0.05, 0) is 55.4 Å². The number of aryl methyl sites for hydroxylation is 1. The second-order valence-electron chi connectivity index (χ2n) is 9.10. The summed E-state index contributed by atoms with van der Waals surface area (Å²) in [7, 11) is 0. The van der Waals surface area contributed by atoms with Gasteiger partial charge in [0.25, 0.3) is 0 Å². The molecule has 3 rings (SSSR count). The van der Waals surface area contributed by atoms with Crippen molar-refractivity contribution in [3.63, 3.8) is 0 Å². The van der Waals surface area contributed by atoms with E-state index in [-0.39, 0.29) is 5.92 Å². The fraction of sp³-hybridized carbons (Fsp3) is 0.414. The third-order valence-electron chi connectivity index (χ3n) is 6.39. The lowest BCUT2D eigenvalue weighted by Gasteiger charge is -2.34. The van der Waals surface area contributed by atoms with Gasteiger partial charge in [-0.3, -0.25) is 4.98 Å². The van der Waals surface area contributed by atoms with Gasteiger partial charge in [0, 0.05) is 61.5 Å². The van der Waals surface area contributed by atoms with Crippen LogP contribution < -0.4 is 11.2 Å². The van der Waals surface area contributed by atoms with Gasteiger partial charge in [-0.15, -0.1) is 0 Å². The number of hydrazine groups is 1. The molecule has 0 saturated carbocycles. The van der Waals surface area contributed by atoms with Gasteiger partial charge in [0.1, 0.15) is 0 Å². The molecule has 3 N–H and O–H groups in total. The zero-order chi connectivity index (χ0) is 24.3. The van der Waals surface area contributed by atoms with E-state index >= 15 is 0 Å². The summed E-state index contributed by atoms with van der Waals surface area (Å²) >= 11 is 0. The molecular formula is C29H41N5. The van der Waals surface area contributed by atoms with Crippen molar-refractivity contribution in [1.82, 2.24) is 20.2 Å². The molecule has 1 heterocycles. The number of nitrogens with one attached hydrogen (secondary N) is 1. The zero-order valence-electron chi connectivity index (χ0n) is 21.0. The number of nitrogens with two attached hydrogens (primary N) is 1. The molecule has 0 aromatic carbocycles. The first-order valence-electron chi connectivity index (χ1n) is 12.6. The molecule has 0 radical (unpaired) electrons. The van der Waals surface area contributed by atoms with Crippen LogP contribution in [0.4, 0.5) is 0 Å². The number of rotatable bonds is 14. The number of pyridine rings is 1. The predicted octanol–water partition coefficient (Wildman–Crippen LogP) is 5.60. The van der Waals surface area contributed by atoms with Crippen molar-refractivity contribution in [3.8, 4) is 0 Å². The Morgan fingerprint density at radius 2 is 2.00 bits per heavy atom. The van der Waals surface area contributed by atoms with E-state index in [0.29, 0.717) is 0 Å². The van der Waals surface area contributed by atoms with Crippen molar-refractivity contribution >= 4 is 0 Å². The first-order chi connectivity index (χ1) is 16.5. The molecule has 34 heavy (non-hydrogen) atoms. The van der Waals surface area contributed by atoms with Crippen molar-refractivity contribution in [2.45, 2.75) is 52.4 Å². The Morgan fingerprint density at radius 1 is 1.21 bits per heavy atom. The molecule has 5 nitrogen and oxygen atoms in total. The first-order valence-corrected chi connectivity index (χ1v) is 12.6. The maximum absolute atomic E-state index is 6.45. The van der Waals surface area contributed by atoms with Crippen molar-refractivity contribution in [3.05, 3.63) is 102 Å². The molecule has 182 valence electrons.